The normalized spacial score (nSPS) is 25.0. The van der Waals surface area contributed by atoms with E-state index < -0.39 is 30.4 Å². The van der Waals surface area contributed by atoms with E-state index in [2.05, 4.69) is 6.58 Å². The van der Waals surface area contributed by atoms with Gasteiger partial charge in [-0.25, -0.2) is 9.59 Å². The van der Waals surface area contributed by atoms with Crippen molar-refractivity contribution in [2.24, 2.45) is 0 Å². The first kappa shape index (κ1) is 19.9. The Bertz CT molecular complexity index is 532. The molecule has 0 bridgehead atoms. The highest BCUT2D eigenvalue weighted by Gasteiger charge is 2.31. The minimum atomic E-state index is -0.660. The summed E-state index contributed by atoms with van der Waals surface area (Å²) in [5.74, 6) is -1.26. The molecule has 1 heterocycles. The van der Waals surface area contributed by atoms with E-state index in [0.29, 0.717) is 0 Å². The molecule has 0 aromatic rings. The average Bonchev–Trinajstić information content (AvgIpc) is 2.54. The number of carbonyl (C=O) groups excluding carboxylic acids is 2. The third-order valence-corrected chi connectivity index (χ3v) is 3.04. The van der Waals surface area contributed by atoms with Gasteiger partial charge in [0.1, 0.15) is 6.10 Å². The zero-order chi connectivity index (χ0) is 17.9. The van der Waals surface area contributed by atoms with Crippen LogP contribution in [0.25, 0.3) is 0 Å². The van der Waals surface area contributed by atoms with Crippen LogP contribution >= 0.6 is 0 Å². The molecule has 1 rings (SSSR count). The SMILES string of the molecule is C=C/C=C/C(C)=C/[C@@H]1O[C@H](C)OC[C@H]1OC(=O)/C=C/C(=O)OCC. The van der Waals surface area contributed by atoms with Crippen molar-refractivity contribution in [2.45, 2.75) is 39.3 Å². The molecule has 6 heteroatoms. The van der Waals surface area contributed by atoms with Gasteiger partial charge in [-0.1, -0.05) is 30.4 Å². The Morgan fingerprint density at radius 3 is 2.62 bits per heavy atom. The topological polar surface area (TPSA) is 71.1 Å². The Morgan fingerprint density at radius 1 is 1.25 bits per heavy atom. The summed E-state index contributed by atoms with van der Waals surface area (Å²) in [7, 11) is 0. The molecule has 0 aromatic carbocycles. The van der Waals surface area contributed by atoms with E-state index in [1.807, 2.05) is 19.1 Å². The molecular formula is C18H24O6. The summed E-state index contributed by atoms with van der Waals surface area (Å²) in [6, 6.07) is 0. The first-order chi connectivity index (χ1) is 11.5. The van der Waals surface area contributed by atoms with Crippen LogP contribution in [0.2, 0.25) is 0 Å². The molecule has 0 amide bonds. The smallest absolute Gasteiger partial charge is 0.331 e. The molecule has 0 spiro atoms. The number of hydrogen-bond donors (Lipinski definition) is 0. The fourth-order valence-corrected chi connectivity index (χ4v) is 1.97. The Labute approximate surface area is 142 Å². The highest BCUT2D eigenvalue weighted by molar-refractivity contribution is 5.91. The number of esters is 2. The Kier molecular flexibility index (Phi) is 8.75. The number of carbonyl (C=O) groups is 2. The van der Waals surface area contributed by atoms with E-state index >= 15 is 0 Å². The van der Waals surface area contributed by atoms with Gasteiger partial charge in [-0.05, 0) is 26.8 Å². The minimum absolute atomic E-state index is 0.208. The van der Waals surface area contributed by atoms with Gasteiger partial charge >= 0.3 is 11.9 Å². The van der Waals surface area contributed by atoms with Crippen molar-refractivity contribution < 1.29 is 28.5 Å². The number of allylic oxidation sites excluding steroid dienone is 4. The van der Waals surface area contributed by atoms with Crippen molar-refractivity contribution >= 4 is 11.9 Å². The van der Waals surface area contributed by atoms with E-state index in [9.17, 15) is 9.59 Å². The highest BCUT2D eigenvalue weighted by Crippen LogP contribution is 2.19. The zero-order valence-corrected chi connectivity index (χ0v) is 14.3. The lowest BCUT2D eigenvalue weighted by Crippen LogP contribution is -2.44. The molecule has 0 saturated carbocycles. The fraction of sp³-hybridized carbons (Fsp3) is 0.444. The molecule has 1 aliphatic rings. The summed E-state index contributed by atoms with van der Waals surface area (Å²) in [5, 5.41) is 0. The second-order valence-corrected chi connectivity index (χ2v) is 5.07. The molecule has 0 N–H and O–H groups in total. The molecule has 1 saturated heterocycles. The van der Waals surface area contributed by atoms with Gasteiger partial charge in [-0.15, -0.1) is 0 Å². The van der Waals surface area contributed by atoms with Crippen LogP contribution in [0.15, 0.2) is 48.6 Å². The van der Waals surface area contributed by atoms with Crippen molar-refractivity contribution in [3.8, 4) is 0 Å². The maximum atomic E-state index is 11.8. The van der Waals surface area contributed by atoms with Gasteiger partial charge < -0.3 is 18.9 Å². The maximum absolute atomic E-state index is 11.8. The summed E-state index contributed by atoms with van der Waals surface area (Å²) >= 11 is 0. The zero-order valence-electron chi connectivity index (χ0n) is 14.3. The fourth-order valence-electron chi connectivity index (χ4n) is 1.97. The van der Waals surface area contributed by atoms with Gasteiger partial charge in [-0.3, -0.25) is 0 Å². The lowest BCUT2D eigenvalue weighted by molar-refractivity contribution is -0.237. The lowest BCUT2D eigenvalue weighted by Gasteiger charge is -2.33. The second kappa shape index (κ2) is 10.6. The first-order valence-corrected chi connectivity index (χ1v) is 7.76. The van der Waals surface area contributed by atoms with Gasteiger partial charge in [0.05, 0.1) is 13.2 Å². The van der Waals surface area contributed by atoms with Crippen molar-refractivity contribution in [2.75, 3.05) is 13.2 Å². The van der Waals surface area contributed by atoms with E-state index in [-0.39, 0.29) is 13.2 Å². The molecular weight excluding hydrogens is 312 g/mol. The maximum Gasteiger partial charge on any atom is 0.331 e. The van der Waals surface area contributed by atoms with Crippen LogP contribution in [0.4, 0.5) is 0 Å². The van der Waals surface area contributed by atoms with Gasteiger partial charge in [-0.2, -0.15) is 0 Å². The standard InChI is InChI=1S/C18H24O6/c1-5-7-8-13(3)11-15-16(12-22-14(4)23-15)24-18(20)10-9-17(19)21-6-2/h5,7-11,14-16H,1,6,12H2,2-4H3/b8-7+,10-9+,13-11+/t14-,15+,16-/m1/s1. The van der Waals surface area contributed by atoms with Crippen molar-refractivity contribution in [1.29, 1.82) is 0 Å². The van der Waals surface area contributed by atoms with Gasteiger partial charge in [0.25, 0.3) is 0 Å². The van der Waals surface area contributed by atoms with E-state index in [4.69, 9.17) is 18.9 Å². The molecule has 1 aliphatic heterocycles. The molecule has 24 heavy (non-hydrogen) atoms. The Morgan fingerprint density at radius 2 is 1.96 bits per heavy atom. The first-order valence-electron chi connectivity index (χ1n) is 7.76. The van der Waals surface area contributed by atoms with E-state index in [1.165, 1.54) is 0 Å². The van der Waals surface area contributed by atoms with E-state index in [0.717, 1.165) is 17.7 Å². The van der Waals surface area contributed by atoms with Crippen LogP contribution in [-0.2, 0) is 28.5 Å². The van der Waals surface area contributed by atoms with Crippen LogP contribution < -0.4 is 0 Å². The summed E-state index contributed by atoms with van der Waals surface area (Å²) < 4.78 is 21.0. The third-order valence-electron chi connectivity index (χ3n) is 3.04. The average molecular weight is 336 g/mol. The summed E-state index contributed by atoms with van der Waals surface area (Å²) in [4.78, 5) is 23.0. The number of ether oxygens (including phenoxy) is 4. The Balaban J connectivity index is 2.71. The Hall–Kier alpha value is -2.18. The van der Waals surface area contributed by atoms with Crippen molar-refractivity contribution in [3.05, 3.63) is 48.6 Å². The minimum Gasteiger partial charge on any atom is -0.463 e. The molecule has 132 valence electrons. The predicted octanol–water partition coefficient (Wildman–Crippen LogP) is 2.47. The van der Waals surface area contributed by atoms with Crippen molar-refractivity contribution in [3.63, 3.8) is 0 Å². The van der Waals surface area contributed by atoms with E-state index in [1.54, 1.807) is 26.0 Å². The summed E-state index contributed by atoms with van der Waals surface area (Å²) in [6.45, 7) is 9.42. The molecule has 3 atom stereocenters. The van der Waals surface area contributed by atoms with Crippen LogP contribution in [0, 0.1) is 0 Å². The molecule has 1 fully saturated rings. The lowest BCUT2D eigenvalue weighted by atomic mass is 10.1. The van der Waals surface area contributed by atoms with Crippen LogP contribution in [0.1, 0.15) is 20.8 Å². The quantitative estimate of drug-likeness (QED) is 0.404. The predicted molar refractivity (Wildman–Crippen MR) is 89.0 cm³/mol. The van der Waals surface area contributed by atoms with Crippen LogP contribution in [0.5, 0.6) is 0 Å². The van der Waals surface area contributed by atoms with Crippen molar-refractivity contribution in [1.82, 2.24) is 0 Å². The highest BCUT2D eigenvalue weighted by atomic mass is 16.7. The summed E-state index contributed by atoms with van der Waals surface area (Å²) in [5.41, 5.74) is 0.942. The van der Waals surface area contributed by atoms with Crippen LogP contribution in [0.3, 0.4) is 0 Å². The third kappa shape index (κ3) is 7.39. The van der Waals surface area contributed by atoms with Gasteiger partial charge in [0.15, 0.2) is 12.4 Å². The van der Waals surface area contributed by atoms with Gasteiger partial charge in [0, 0.05) is 12.2 Å². The second-order valence-electron chi connectivity index (χ2n) is 5.07. The van der Waals surface area contributed by atoms with Gasteiger partial charge in [0.2, 0.25) is 0 Å². The largest absolute Gasteiger partial charge is 0.463 e. The summed E-state index contributed by atoms with van der Waals surface area (Å²) in [6.07, 6.45) is 7.81. The molecule has 0 radical (unpaired) electrons. The molecule has 6 nitrogen and oxygen atoms in total. The number of hydrogen-bond acceptors (Lipinski definition) is 6. The monoisotopic (exact) mass is 336 g/mol. The molecule has 0 aliphatic carbocycles. The molecule has 0 aromatic heterocycles. The molecule has 0 unspecified atom stereocenters. The van der Waals surface area contributed by atoms with Crippen LogP contribution in [-0.4, -0.2) is 43.7 Å². The number of rotatable bonds is 7.